The van der Waals surface area contributed by atoms with Crippen molar-refractivity contribution in [3.8, 4) is 0 Å². The fourth-order valence-electron chi connectivity index (χ4n) is 2.15. The van der Waals surface area contributed by atoms with Crippen LogP contribution in [0, 0.1) is 0 Å². The maximum atomic E-state index is 12.6. The summed E-state index contributed by atoms with van der Waals surface area (Å²) in [5.74, 6) is -1.25. The van der Waals surface area contributed by atoms with Crippen LogP contribution in [0.1, 0.15) is 15.9 Å². The highest BCUT2D eigenvalue weighted by Crippen LogP contribution is 2.36. The van der Waals surface area contributed by atoms with E-state index in [2.05, 4.69) is 0 Å². The van der Waals surface area contributed by atoms with Gasteiger partial charge in [0.15, 0.2) is 4.32 Å². The smallest absolute Gasteiger partial charge is 0.335 e. The number of nitrogens with zero attached hydrogens (tertiary/aromatic N) is 1. The lowest BCUT2D eigenvalue weighted by atomic mass is 10.2. The molecular weight excluding hydrogens is 366 g/mol. The first kappa shape index (κ1) is 16.7. The number of thiocarbonyl (C=S) groups is 1. The number of carboxylic acids is 1. The topological polar surface area (TPSA) is 57.6 Å². The third-order valence-electron chi connectivity index (χ3n) is 3.33. The predicted molar refractivity (Wildman–Crippen MR) is 101 cm³/mol. The van der Waals surface area contributed by atoms with Crippen molar-refractivity contribution in [2.45, 2.75) is 0 Å². The number of carbonyl (C=O) groups excluding carboxylic acids is 1. The average Bonchev–Trinajstić information content (AvgIpc) is 2.83. The molecule has 2 aromatic carbocycles. The molecular formula is C17H10ClNO3S2. The largest absolute Gasteiger partial charge is 0.478 e. The number of rotatable bonds is 3. The van der Waals surface area contributed by atoms with Crippen LogP contribution >= 0.6 is 35.6 Å². The second-order valence-electron chi connectivity index (χ2n) is 4.92. The van der Waals surface area contributed by atoms with Crippen LogP contribution < -0.4 is 4.90 Å². The molecule has 1 aliphatic rings. The monoisotopic (exact) mass is 375 g/mol. The highest BCUT2D eigenvalue weighted by Gasteiger charge is 2.33. The van der Waals surface area contributed by atoms with E-state index in [9.17, 15) is 9.59 Å². The number of benzene rings is 2. The Bertz CT molecular complexity index is 860. The summed E-state index contributed by atoms with van der Waals surface area (Å²) in [4.78, 5) is 25.4. The Labute approximate surface area is 152 Å². The van der Waals surface area contributed by atoms with Crippen LogP contribution in [-0.4, -0.2) is 21.3 Å². The number of carbonyl (C=O) groups is 2. The molecule has 24 heavy (non-hydrogen) atoms. The van der Waals surface area contributed by atoms with Gasteiger partial charge in [0.2, 0.25) is 0 Å². The van der Waals surface area contributed by atoms with Crippen molar-refractivity contribution in [2.75, 3.05) is 4.90 Å². The summed E-state index contributed by atoms with van der Waals surface area (Å²) in [6.07, 6.45) is 1.75. The van der Waals surface area contributed by atoms with Crippen molar-refractivity contribution in [2.24, 2.45) is 0 Å². The molecule has 2 aromatic rings. The van der Waals surface area contributed by atoms with E-state index in [1.54, 1.807) is 30.3 Å². The third kappa shape index (κ3) is 3.36. The van der Waals surface area contributed by atoms with Crippen molar-refractivity contribution in [1.82, 2.24) is 0 Å². The van der Waals surface area contributed by atoms with Gasteiger partial charge in [0.25, 0.3) is 5.91 Å². The number of thioether (sulfide) groups is 1. The quantitative estimate of drug-likeness (QED) is 0.634. The fourth-order valence-corrected chi connectivity index (χ4v) is 3.58. The lowest BCUT2D eigenvalue weighted by Crippen LogP contribution is -2.27. The summed E-state index contributed by atoms with van der Waals surface area (Å²) in [6, 6.07) is 13.2. The standard InChI is InChI=1S/C17H10ClNO3S2/c18-12-5-1-10(2-6-12)9-14-15(20)19(17(23)24-14)13-7-3-11(4-8-13)16(21)22/h1-9H,(H,21,22)/b14-9-. The van der Waals surface area contributed by atoms with Gasteiger partial charge in [-0.3, -0.25) is 9.69 Å². The zero-order valence-corrected chi connectivity index (χ0v) is 14.5. The van der Waals surface area contributed by atoms with Crippen molar-refractivity contribution in [3.05, 3.63) is 69.6 Å². The van der Waals surface area contributed by atoms with Crippen LogP contribution in [0.2, 0.25) is 5.02 Å². The minimum Gasteiger partial charge on any atom is -0.478 e. The van der Waals surface area contributed by atoms with E-state index >= 15 is 0 Å². The summed E-state index contributed by atoms with van der Waals surface area (Å²) < 4.78 is 0.406. The Morgan fingerprint density at radius 2 is 1.75 bits per heavy atom. The van der Waals surface area contributed by atoms with Crippen molar-refractivity contribution in [1.29, 1.82) is 0 Å². The highest BCUT2D eigenvalue weighted by molar-refractivity contribution is 8.27. The van der Waals surface area contributed by atoms with Gasteiger partial charge in [-0.05, 0) is 48.0 Å². The summed E-state index contributed by atoms with van der Waals surface area (Å²) in [6.45, 7) is 0. The summed E-state index contributed by atoms with van der Waals surface area (Å²) in [5.41, 5.74) is 1.55. The van der Waals surface area contributed by atoms with Crippen LogP contribution in [0.3, 0.4) is 0 Å². The lowest BCUT2D eigenvalue weighted by molar-refractivity contribution is -0.113. The number of halogens is 1. The van der Waals surface area contributed by atoms with Gasteiger partial charge >= 0.3 is 5.97 Å². The van der Waals surface area contributed by atoms with Gasteiger partial charge in [0.1, 0.15) is 0 Å². The molecule has 0 aliphatic carbocycles. The van der Waals surface area contributed by atoms with E-state index in [0.717, 1.165) is 5.56 Å². The highest BCUT2D eigenvalue weighted by atomic mass is 35.5. The Balaban J connectivity index is 1.88. The molecule has 0 atom stereocenters. The van der Waals surface area contributed by atoms with E-state index in [-0.39, 0.29) is 11.5 Å². The average molecular weight is 376 g/mol. The zero-order chi connectivity index (χ0) is 17.3. The van der Waals surface area contributed by atoms with Crippen LogP contribution in [-0.2, 0) is 4.79 Å². The molecule has 3 rings (SSSR count). The Hall–Kier alpha value is -2.15. The first-order chi connectivity index (χ1) is 11.5. The van der Waals surface area contributed by atoms with E-state index in [1.807, 2.05) is 12.1 Å². The van der Waals surface area contributed by atoms with Crippen LogP contribution in [0.15, 0.2) is 53.4 Å². The fraction of sp³-hybridized carbons (Fsp3) is 0. The van der Waals surface area contributed by atoms with Crippen molar-refractivity contribution in [3.63, 3.8) is 0 Å². The SMILES string of the molecule is O=C(O)c1ccc(N2C(=O)/C(=C/c3ccc(Cl)cc3)SC2=S)cc1. The number of amides is 1. The maximum Gasteiger partial charge on any atom is 0.335 e. The summed E-state index contributed by atoms with van der Waals surface area (Å²) in [7, 11) is 0. The molecule has 1 heterocycles. The molecule has 0 radical (unpaired) electrons. The Kier molecular flexibility index (Phi) is 4.71. The molecule has 1 amide bonds. The van der Waals surface area contributed by atoms with E-state index in [1.165, 1.54) is 28.8 Å². The zero-order valence-electron chi connectivity index (χ0n) is 12.1. The minimum absolute atomic E-state index is 0.154. The Morgan fingerprint density at radius 3 is 2.33 bits per heavy atom. The molecule has 1 N–H and O–H groups in total. The molecule has 0 unspecified atom stereocenters. The predicted octanol–water partition coefficient (Wildman–Crippen LogP) is 4.44. The van der Waals surface area contributed by atoms with Gasteiger partial charge in [-0.15, -0.1) is 0 Å². The number of hydrogen-bond acceptors (Lipinski definition) is 4. The van der Waals surface area contributed by atoms with Crippen LogP contribution in [0.4, 0.5) is 5.69 Å². The molecule has 0 spiro atoms. The number of anilines is 1. The van der Waals surface area contributed by atoms with Crippen molar-refractivity contribution < 1.29 is 14.7 Å². The molecule has 0 aromatic heterocycles. The van der Waals surface area contributed by atoms with E-state index in [0.29, 0.717) is 19.9 Å². The first-order valence-electron chi connectivity index (χ1n) is 6.82. The molecule has 1 aliphatic heterocycles. The van der Waals surface area contributed by atoms with Gasteiger partial charge in [-0.1, -0.05) is 47.7 Å². The summed E-state index contributed by atoms with van der Waals surface area (Å²) in [5, 5.41) is 9.57. The molecule has 120 valence electrons. The molecule has 0 saturated carbocycles. The minimum atomic E-state index is -1.02. The molecule has 1 fully saturated rings. The lowest BCUT2D eigenvalue weighted by Gasteiger charge is -2.14. The number of carboxylic acid groups (broad SMARTS) is 1. The number of hydrogen-bond donors (Lipinski definition) is 1. The van der Waals surface area contributed by atoms with Crippen molar-refractivity contribution >= 4 is 63.5 Å². The second kappa shape index (κ2) is 6.76. The van der Waals surface area contributed by atoms with Crippen LogP contribution in [0.5, 0.6) is 0 Å². The van der Waals surface area contributed by atoms with Gasteiger partial charge in [-0.2, -0.15) is 0 Å². The van der Waals surface area contributed by atoms with Crippen LogP contribution in [0.25, 0.3) is 6.08 Å². The molecule has 1 saturated heterocycles. The van der Waals surface area contributed by atoms with E-state index in [4.69, 9.17) is 28.9 Å². The molecule has 7 heteroatoms. The summed E-state index contributed by atoms with van der Waals surface area (Å²) >= 11 is 12.3. The van der Waals surface area contributed by atoms with Gasteiger partial charge in [0, 0.05) is 5.02 Å². The van der Waals surface area contributed by atoms with Gasteiger partial charge in [0.05, 0.1) is 16.2 Å². The second-order valence-corrected chi connectivity index (χ2v) is 7.03. The van der Waals surface area contributed by atoms with Gasteiger partial charge in [-0.25, -0.2) is 4.79 Å². The molecule has 4 nitrogen and oxygen atoms in total. The first-order valence-corrected chi connectivity index (χ1v) is 8.43. The van der Waals surface area contributed by atoms with Gasteiger partial charge < -0.3 is 5.11 Å². The maximum absolute atomic E-state index is 12.6. The third-order valence-corrected chi connectivity index (χ3v) is 4.89. The normalized spacial score (nSPS) is 16.0. The molecule has 0 bridgehead atoms. The Morgan fingerprint density at radius 1 is 1.12 bits per heavy atom. The number of aromatic carboxylic acids is 1. The van der Waals surface area contributed by atoms with E-state index < -0.39 is 5.97 Å².